The van der Waals surface area contributed by atoms with E-state index in [2.05, 4.69) is 38.1 Å². The van der Waals surface area contributed by atoms with Crippen LogP contribution in [0.15, 0.2) is 53.7 Å². The molecule has 1 atom stereocenters. The van der Waals surface area contributed by atoms with Gasteiger partial charge in [-0.05, 0) is 36.1 Å². The number of hydrogen-bond donors (Lipinski definition) is 0. The van der Waals surface area contributed by atoms with Crippen LogP contribution in [0.25, 0.3) is 0 Å². The van der Waals surface area contributed by atoms with E-state index >= 15 is 0 Å². The average molecular weight is 395 g/mol. The molecule has 5 nitrogen and oxygen atoms in total. The van der Waals surface area contributed by atoms with Crippen molar-refractivity contribution in [2.75, 3.05) is 13.7 Å². The number of amides is 1. The summed E-state index contributed by atoms with van der Waals surface area (Å²) < 4.78 is 5.32. The maximum atomic E-state index is 12.9. The summed E-state index contributed by atoms with van der Waals surface area (Å²) in [6.07, 6.45) is 1.09. The normalized spacial score (nSPS) is 15.8. The standard InChI is InChI=1S/C24H30N2O3/c1-17(2)12-24(27)26(15-19-9-7-10-20(13-19)28-4)16-21-14-23(25-29-21)22-11-6-5-8-18(22)3/h5-11,13,17,21H,12,14-16H2,1-4H3/t21-/m0/s1. The highest BCUT2D eigenvalue weighted by Crippen LogP contribution is 2.22. The molecule has 5 heteroatoms. The van der Waals surface area contributed by atoms with Gasteiger partial charge in [0.15, 0.2) is 6.10 Å². The molecule has 0 radical (unpaired) electrons. The van der Waals surface area contributed by atoms with Crippen molar-refractivity contribution in [2.45, 2.75) is 46.3 Å². The number of aryl methyl sites for hydroxylation is 1. The molecule has 0 aromatic heterocycles. The van der Waals surface area contributed by atoms with Crippen molar-refractivity contribution in [3.8, 4) is 5.75 Å². The van der Waals surface area contributed by atoms with Crippen LogP contribution in [0.4, 0.5) is 0 Å². The molecule has 2 aromatic rings. The van der Waals surface area contributed by atoms with E-state index in [1.807, 2.05) is 41.3 Å². The largest absolute Gasteiger partial charge is 0.497 e. The van der Waals surface area contributed by atoms with Gasteiger partial charge < -0.3 is 14.5 Å². The zero-order chi connectivity index (χ0) is 20.8. The van der Waals surface area contributed by atoms with Gasteiger partial charge in [-0.25, -0.2) is 0 Å². The molecular formula is C24H30N2O3. The molecule has 0 fully saturated rings. The fourth-order valence-corrected chi connectivity index (χ4v) is 3.55. The summed E-state index contributed by atoms with van der Waals surface area (Å²) in [6, 6.07) is 16.0. The first kappa shape index (κ1) is 20.9. The number of nitrogens with zero attached hydrogens (tertiary/aromatic N) is 2. The summed E-state index contributed by atoms with van der Waals surface area (Å²) >= 11 is 0. The Morgan fingerprint density at radius 1 is 1.24 bits per heavy atom. The molecule has 1 aliphatic heterocycles. The van der Waals surface area contributed by atoms with Crippen LogP contribution in [0.5, 0.6) is 5.75 Å². The highest BCUT2D eigenvalue weighted by atomic mass is 16.6. The summed E-state index contributed by atoms with van der Waals surface area (Å²) in [7, 11) is 1.65. The molecule has 0 N–H and O–H groups in total. The Labute approximate surface area is 173 Å². The van der Waals surface area contributed by atoms with Crippen molar-refractivity contribution in [3.05, 3.63) is 65.2 Å². The third-order valence-electron chi connectivity index (χ3n) is 5.06. The molecule has 154 valence electrons. The number of oxime groups is 1. The molecule has 0 spiro atoms. The summed E-state index contributed by atoms with van der Waals surface area (Å²) in [6.45, 7) is 7.25. The second-order valence-corrected chi connectivity index (χ2v) is 8.01. The van der Waals surface area contributed by atoms with Crippen molar-refractivity contribution >= 4 is 11.6 Å². The van der Waals surface area contributed by atoms with Crippen molar-refractivity contribution in [3.63, 3.8) is 0 Å². The predicted molar refractivity (Wildman–Crippen MR) is 115 cm³/mol. The van der Waals surface area contributed by atoms with Gasteiger partial charge in [0, 0.05) is 24.9 Å². The second kappa shape index (κ2) is 9.59. The minimum atomic E-state index is -0.133. The Balaban J connectivity index is 1.70. The van der Waals surface area contributed by atoms with Gasteiger partial charge in [-0.3, -0.25) is 4.79 Å². The van der Waals surface area contributed by atoms with Crippen LogP contribution in [-0.2, 0) is 16.2 Å². The number of rotatable bonds is 8. The van der Waals surface area contributed by atoms with Crippen LogP contribution in [0.1, 0.15) is 43.4 Å². The van der Waals surface area contributed by atoms with Gasteiger partial charge >= 0.3 is 0 Å². The predicted octanol–water partition coefficient (Wildman–Crippen LogP) is 4.57. The van der Waals surface area contributed by atoms with Crippen LogP contribution in [0.3, 0.4) is 0 Å². The average Bonchev–Trinajstić information content (AvgIpc) is 3.16. The maximum Gasteiger partial charge on any atom is 0.223 e. The summed E-state index contributed by atoms with van der Waals surface area (Å²) in [5.41, 5.74) is 4.28. The highest BCUT2D eigenvalue weighted by Gasteiger charge is 2.27. The second-order valence-electron chi connectivity index (χ2n) is 8.01. The number of methoxy groups -OCH3 is 1. The number of ether oxygens (including phenoxy) is 1. The van der Waals surface area contributed by atoms with E-state index in [-0.39, 0.29) is 12.0 Å². The van der Waals surface area contributed by atoms with Crippen molar-refractivity contribution < 1.29 is 14.4 Å². The fourth-order valence-electron chi connectivity index (χ4n) is 3.55. The number of benzene rings is 2. The topological polar surface area (TPSA) is 51.1 Å². The maximum absolute atomic E-state index is 12.9. The van der Waals surface area contributed by atoms with Crippen molar-refractivity contribution in [1.29, 1.82) is 0 Å². The Morgan fingerprint density at radius 3 is 2.76 bits per heavy atom. The first-order valence-electron chi connectivity index (χ1n) is 10.2. The van der Waals surface area contributed by atoms with E-state index in [4.69, 9.17) is 9.57 Å². The van der Waals surface area contributed by atoms with Gasteiger partial charge in [-0.1, -0.05) is 55.4 Å². The van der Waals surface area contributed by atoms with Gasteiger partial charge in [-0.15, -0.1) is 0 Å². The van der Waals surface area contributed by atoms with E-state index in [1.54, 1.807) is 7.11 Å². The molecule has 3 rings (SSSR count). The first-order valence-corrected chi connectivity index (χ1v) is 10.2. The summed E-state index contributed by atoms with van der Waals surface area (Å²) in [5.74, 6) is 1.23. The lowest BCUT2D eigenvalue weighted by molar-refractivity contribution is -0.134. The summed E-state index contributed by atoms with van der Waals surface area (Å²) in [5, 5.41) is 4.31. The van der Waals surface area contributed by atoms with Crippen LogP contribution in [0, 0.1) is 12.8 Å². The van der Waals surface area contributed by atoms with Gasteiger partial charge in [0.2, 0.25) is 5.91 Å². The van der Waals surface area contributed by atoms with Gasteiger partial charge in [0.05, 0.1) is 19.4 Å². The Hall–Kier alpha value is -2.82. The molecule has 0 bridgehead atoms. The Kier molecular flexibility index (Phi) is 6.91. The molecular weight excluding hydrogens is 364 g/mol. The monoisotopic (exact) mass is 394 g/mol. The molecule has 0 aliphatic carbocycles. The molecule has 2 aromatic carbocycles. The third kappa shape index (κ3) is 5.59. The van der Waals surface area contributed by atoms with Crippen LogP contribution in [0.2, 0.25) is 0 Å². The van der Waals surface area contributed by atoms with Crippen LogP contribution >= 0.6 is 0 Å². The molecule has 0 saturated heterocycles. The first-order chi connectivity index (χ1) is 14.0. The number of hydrogen-bond acceptors (Lipinski definition) is 4. The number of carbonyl (C=O) groups is 1. The van der Waals surface area contributed by atoms with E-state index in [1.165, 1.54) is 5.56 Å². The Bertz CT molecular complexity index is 876. The smallest absolute Gasteiger partial charge is 0.223 e. The molecule has 0 saturated carbocycles. The van der Waals surface area contributed by atoms with Gasteiger partial charge in [-0.2, -0.15) is 0 Å². The fraction of sp³-hybridized carbons (Fsp3) is 0.417. The van der Waals surface area contributed by atoms with E-state index in [0.29, 0.717) is 31.8 Å². The molecule has 1 amide bonds. The minimum absolute atomic E-state index is 0.133. The molecule has 1 aliphatic rings. The Morgan fingerprint density at radius 2 is 2.03 bits per heavy atom. The zero-order valence-corrected chi connectivity index (χ0v) is 17.7. The number of carbonyl (C=O) groups excluding carboxylic acids is 1. The lowest BCUT2D eigenvalue weighted by atomic mass is 10.00. The van der Waals surface area contributed by atoms with Crippen molar-refractivity contribution in [1.82, 2.24) is 4.90 Å². The lowest BCUT2D eigenvalue weighted by Gasteiger charge is -2.26. The highest BCUT2D eigenvalue weighted by molar-refractivity contribution is 6.02. The third-order valence-corrected chi connectivity index (χ3v) is 5.06. The van der Waals surface area contributed by atoms with Crippen molar-refractivity contribution in [2.24, 2.45) is 11.1 Å². The summed E-state index contributed by atoms with van der Waals surface area (Å²) in [4.78, 5) is 20.5. The van der Waals surface area contributed by atoms with E-state index < -0.39 is 0 Å². The zero-order valence-electron chi connectivity index (χ0n) is 17.7. The van der Waals surface area contributed by atoms with Gasteiger partial charge in [0.25, 0.3) is 0 Å². The SMILES string of the molecule is COc1cccc(CN(C[C@@H]2CC(c3ccccc3C)=NO2)C(=O)CC(C)C)c1. The quantitative estimate of drug-likeness (QED) is 0.659. The van der Waals surface area contributed by atoms with Crippen LogP contribution in [-0.4, -0.2) is 36.3 Å². The molecule has 0 unspecified atom stereocenters. The van der Waals surface area contributed by atoms with Gasteiger partial charge in [0.1, 0.15) is 5.75 Å². The molecule has 29 heavy (non-hydrogen) atoms. The minimum Gasteiger partial charge on any atom is -0.497 e. The molecule has 1 heterocycles. The van der Waals surface area contributed by atoms with Crippen LogP contribution < -0.4 is 4.74 Å². The van der Waals surface area contributed by atoms with E-state index in [9.17, 15) is 4.79 Å². The lowest BCUT2D eigenvalue weighted by Crippen LogP contribution is -2.37. The van der Waals surface area contributed by atoms with E-state index in [0.717, 1.165) is 22.6 Å².